The molecule has 0 saturated carbocycles. The van der Waals surface area contributed by atoms with Gasteiger partial charge in [0.15, 0.2) is 0 Å². The summed E-state index contributed by atoms with van der Waals surface area (Å²) in [5.41, 5.74) is 1.70. The van der Waals surface area contributed by atoms with Gasteiger partial charge in [-0.3, -0.25) is 19.4 Å². The molecule has 0 aromatic carbocycles. The van der Waals surface area contributed by atoms with Gasteiger partial charge in [0.2, 0.25) is 11.8 Å². The highest BCUT2D eigenvalue weighted by Crippen LogP contribution is 2.34. The molecule has 0 saturated heterocycles. The van der Waals surface area contributed by atoms with Crippen LogP contribution in [0.15, 0.2) is 29.3 Å². The molecule has 0 atom stereocenters. The number of thiophene rings is 1. The van der Waals surface area contributed by atoms with Gasteiger partial charge in [-0.1, -0.05) is 0 Å². The number of H-pyrrole nitrogens is 1. The summed E-state index contributed by atoms with van der Waals surface area (Å²) in [7, 11) is 0. The SMILES string of the molecule is O=C(CSCc1nc2sc3c(c2c(=O)[nH]1)CCC3)NCCC(=O)Nc1cccnc1. The van der Waals surface area contributed by atoms with Gasteiger partial charge in [0, 0.05) is 24.0 Å². The van der Waals surface area contributed by atoms with E-state index in [4.69, 9.17) is 0 Å². The van der Waals surface area contributed by atoms with Gasteiger partial charge >= 0.3 is 0 Å². The largest absolute Gasteiger partial charge is 0.355 e. The Labute approximate surface area is 180 Å². The van der Waals surface area contributed by atoms with Crippen LogP contribution in [0.5, 0.6) is 0 Å². The van der Waals surface area contributed by atoms with Crippen LogP contribution in [-0.4, -0.2) is 39.1 Å². The van der Waals surface area contributed by atoms with Crippen molar-refractivity contribution in [3.63, 3.8) is 0 Å². The topological polar surface area (TPSA) is 117 Å². The molecule has 1 aliphatic carbocycles. The van der Waals surface area contributed by atoms with E-state index in [9.17, 15) is 14.4 Å². The molecule has 156 valence electrons. The molecule has 10 heteroatoms. The molecule has 0 aliphatic heterocycles. The summed E-state index contributed by atoms with van der Waals surface area (Å²) in [5.74, 6) is 0.915. The number of hydrogen-bond donors (Lipinski definition) is 3. The molecule has 3 aromatic rings. The van der Waals surface area contributed by atoms with E-state index in [-0.39, 0.29) is 36.1 Å². The summed E-state index contributed by atoms with van der Waals surface area (Å²) in [6.45, 7) is 0.257. The number of anilines is 1. The van der Waals surface area contributed by atoms with Gasteiger partial charge in [0.05, 0.1) is 28.8 Å². The number of pyridine rings is 1. The smallest absolute Gasteiger partial charge is 0.259 e. The molecule has 2 amide bonds. The molecular formula is C20H21N5O3S2. The molecule has 8 nitrogen and oxygen atoms in total. The van der Waals surface area contributed by atoms with Crippen molar-refractivity contribution in [2.45, 2.75) is 31.4 Å². The quantitative estimate of drug-likeness (QED) is 0.492. The summed E-state index contributed by atoms with van der Waals surface area (Å²) in [6.07, 6.45) is 6.46. The Kier molecular flexibility index (Phi) is 6.44. The summed E-state index contributed by atoms with van der Waals surface area (Å²) in [6, 6.07) is 3.49. The second kappa shape index (κ2) is 9.40. The van der Waals surface area contributed by atoms with E-state index in [1.165, 1.54) is 16.6 Å². The van der Waals surface area contributed by atoms with Crippen LogP contribution in [0.3, 0.4) is 0 Å². The highest BCUT2D eigenvalue weighted by Gasteiger charge is 2.21. The highest BCUT2D eigenvalue weighted by molar-refractivity contribution is 7.99. The summed E-state index contributed by atoms with van der Waals surface area (Å²) in [5, 5.41) is 6.18. The van der Waals surface area contributed by atoms with E-state index in [1.807, 2.05) is 0 Å². The maximum absolute atomic E-state index is 12.4. The second-order valence-electron chi connectivity index (χ2n) is 6.93. The van der Waals surface area contributed by atoms with Crippen molar-refractivity contribution in [1.29, 1.82) is 0 Å². The van der Waals surface area contributed by atoms with E-state index < -0.39 is 0 Å². The lowest BCUT2D eigenvalue weighted by Gasteiger charge is -2.06. The Hall–Kier alpha value is -2.72. The van der Waals surface area contributed by atoms with Crippen LogP contribution in [0.4, 0.5) is 5.69 Å². The van der Waals surface area contributed by atoms with E-state index in [1.54, 1.807) is 35.9 Å². The normalized spacial score (nSPS) is 12.7. The van der Waals surface area contributed by atoms with Crippen molar-refractivity contribution in [3.05, 3.63) is 51.1 Å². The third kappa shape index (κ3) is 4.88. The monoisotopic (exact) mass is 443 g/mol. The predicted molar refractivity (Wildman–Crippen MR) is 119 cm³/mol. The van der Waals surface area contributed by atoms with Crippen molar-refractivity contribution < 1.29 is 9.59 Å². The van der Waals surface area contributed by atoms with Crippen molar-refractivity contribution in [1.82, 2.24) is 20.3 Å². The molecule has 0 bridgehead atoms. The molecule has 0 radical (unpaired) electrons. The van der Waals surface area contributed by atoms with Crippen LogP contribution in [0, 0.1) is 0 Å². The Morgan fingerprint density at radius 2 is 2.17 bits per heavy atom. The molecule has 0 fully saturated rings. The van der Waals surface area contributed by atoms with Gasteiger partial charge in [-0.15, -0.1) is 23.1 Å². The molecular weight excluding hydrogens is 422 g/mol. The minimum Gasteiger partial charge on any atom is -0.355 e. The zero-order chi connectivity index (χ0) is 20.9. The third-order valence-electron chi connectivity index (χ3n) is 4.72. The predicted octanol–water partition coefficient (Wildman–Crippen LogP) is 2.25. The minimum atomic E-state index is -0.186. The number of rotatable bonds is 8. The van der Waals surface area contributed by atoms with Gasteiger partial charge in [0.1, 0.15) is 10.7 Å². The number of carbonyl (C=O) groups is 2. The fourth-order valence-electron chi connectivity index (χ4n) is 3.38. The zero-order valence-electron chi connectivity index (χ0n) is 16.2. The Morgan fingerprint density at radius 3 is 3.00 bits per heavy atom. The van der Waals surface area contributed by atoms with Gasteiger partial charge in [0.25, 0.3) is 5.56 Å². The lowest BCUT2D eigenvalue weighted by atomic mass is 10.2. The first-order valence-electron chi connectivity index (χ1n) is 9.68. The van der Waals surface area contributed by atoms with E-state index in [0.717, 1.165) is 35.0 Å². The molecule has 0 unspecified atom stereocenters. The van der Waals surface area contributed by atoms with Crippen LogP contribution in [0.25, 0.3) is 10.2 Å². The van der Waals surface area contributed by atoms with E-state index in [2.05, 4.69) is 25.6 Å². The van der Waals surface area contributed by atoms with Crippen LogP contribution in [0.1, 0.15) is 29.1 Å². The van der Waals surface area contributed by atoms with Crippen molar-refractivity contribution >= 4 is 50.8 Å². The highest BCUT2D eigenvalue weighted by atomic mass is 32.2. The number of hydrogen-bond acceptors (Lipinski definition) is 7. The minimum absolute atomic E-state index is 0.0842. The first-order valence-corrected chi connectivity index (χ1v) is 11.6. The molecule has 1 aliphatic rings. The van der Waals surface area contributed by atoms with E-state index in [0.29, 0.717) is 17.3 Å². The van der Waals surface area contributed by atoms with Gasteiger partial charge < -0.3 is 15.6 Å². The molecule has 4 rings (SSSR count). The standard InChI is InChI=1S/C20H21N5O3S2/c26-16(23-12-3-2-7-21-9-12)6-8-22-17(27)11-29-10-15-24-19(28)18-13-4-1-5-14(13)30-20(18)25-15/h2-3,7,9H,1,4-6,8,10-11H2,(H,22,27)(H,23,26)(H,24,25,28). The summed E-state index contributed by atoms with van der Waals surface area (Å²) < 4.78 is 0. The fourth-order valence-corrected chi connectivity index (χ4v) is 5.38. The Bertz CT molecular complexity index is 1130. The van der Waals surface area contributed by atoms with Crippen molar-refractivity contribution in [3.8, 4) is 0 Å². The summed E-state index contributed by atoms with van der Waals surface area (Å²) >= 11 is 2.98. The second-order valence-corrected chi connectivity index (χ2v) is 9.00. The fraction of sp³-hybridized carbons (Fsp3) is 0.350. The summed E-state index contributed by atoms with van der Waals surface area (Å²) in [4.78, 5) is 49.7. The number of nitrogens with one attached hydrogen (secondary N) is 3. The number of fused-ring (bicyclic) bond motifs is 3. The average Bonchev–Trinajstić information content (AvgIpc) is 3.29. The number of amides is 2. The van der Waals surface area contributed by atoms with Crippen LogP contribution < -0.4 is 16.2 Å². The lowest BCUT2D eigenvalue weighted by Crippen LogP contribution is -2.29. The Balaban J connectivity index is 1.20. The van der Waals surface area contributed by atoms with Gasteiger partial charge in [-0.2, -0.15) is 0 Å². The number of nitrogens with zero attached hydrogens (tertiary/aromatic N) is 2. The lowest BCUT2D eigenvalue weighted by molar-refractivity contribution is -0.119. The average molecular weight is 444 g/mol. The third-order valence-corrected chi connectivity index (χ3v) is 6.85. The number of aromatic nitrogens is 3. The van der Waals surface area contributed by atoms with E-state index >= 15 is 0 Å². The number of carbonyl (C=O) groups excluding carboxylic acids is 2. The first-order chi connectivity index (χ1) is 14.6. The number of aryl methyl sites for hydroxylation is 2. The zero-order valence-corrected chi connectivity index (χ0v) is 17.8. The van der Waals surface area contributed by atoms with Crippen LogP contribution in [-0.2, 0) is 28.2 Å². The van der Waals surface area contributed by atoms with Crippen molar-refractivity contribution in [2.75, 3.05) is 17.6 Å². The molecule has 3 aromatic heterocycles. The van der Waals surface area contributed by atoms with Crippen molar-refractivity contribution in [2.24, 2.45) is 0 Å². The van der Waals surface area contributed by atoms with Gasteiger partial charge in [-0.25, -0.2) is 4.98 Å². The molecule has 3 N–H and O–H groups in total. The number of thioether (sulfide) groups is 1. The first kappa shape index (κ1) is 20.5. The van der Waals surface area contributed by atoms with Crippen LogP contribution in [0.2, 0.25) is 0 Å². The molecule has 3 heterocycles. The maximum atomic E-state index is 12.4. The van der Waals surface area contributed by atoms with Gasteiger partial charge in [-0.05, 0) is 37.0 Å². The molecule has 0 spiro atoms. The number of aromatic amines is 1. The Morgan fingerprint density at radius 1 is 1.27 bits per heavy atom. The maximum Gasteiger partial charge on any atom is 0.259 e. The van der Waals surface area contributed by atoms with Crippen LogP contribution >= 0.6 is 23.1 Å². The molecule has 30 heavy (non-hydrogen) atoms.